The Morgan fingerprint density at radius 1 is 1.41 bits per heavy atom. The van der Waals surface area contributed by atoms with Crippen LogP contribution in [-0.2, 0) is 9.53 Å². The number of rotatable bonds is 3. The van der Waals surface area contributed by atoms with Crippen molar-refractivity contribution in [2.75, 3.05) is 6.61 Å². The number of H-pyrrole nitrogens is 1. The predicted octanol–water partition coefficient (Wildman–Crippen LogP) is 2.41. The molecule has 17 heavy (non-hydrogen) atoms. The fourth-order valence-corrected chi connectivity index (χ4v) is 1.63. The second-order valence-corrected chi connectivity index (χ2v) is 3.80. The third kappa shape index (κ3) is 2.76. The van der Waals surface area contributed by atoms with Crippen LogP contribution in [0.4, 0.5) is 0 Å². The van der Waals surface area contributed by atoms with E-state index in [0.29, 0.717) is 0 Å². The van der Waals surface area contributed by atoms with E-state index in [0.717, 1.165) is 22.5 Å². The normalized spacial score (nSPS) is 11.1. The molecule has 0 saturated carbocycles. The lowest BCUT2D eigenvalue weighted by atomic mass is 10.1. The van der Waals surface area contributed by atoms with Gasteiger partial charge >= 0.3 is 5.97 Å². The molecule has 1 N–H and O–H groups in total. The summed E-state index contributed by atoms with van der Waals surface area (Å²) < 4.78 is 4.81. The number of aromatic amines is 1. The Morgan fingerprint density at radius 3 is 2.47 bits per heavy atom. The van der Waals surface area contributed by atoms with Gasteiger partial charge < -0.3 is 9.72 Å². The highest BCUT2D eigenvalue weighted by Crippen LogP contribution is 2.20. The second-order valence-electron chi connectivity index (χ2n) is 3.80. The highest BCUT2D eigenvalue weighted by Gasteiger charge is 2.13. The van der Waals surface area contributed by atoms with Crippen LogP contribution in [0.3, 0.4) is 0 Å². The Bertz CT molecular complexity index is 504. The number of nitriles is 1. The van der Waals surface area contributed by atoms with E-state index in [9.17, 15) is 4.79 Å². The van der Waals surface area contributed by atoms with Gasteiger partial charge in [-0.2, -0.15) is 5.26 Å². The maximum absolute atomic E-state index is 11.5. The van der Waals surface area contributed by atoms with Gasteiger partial charge in [-0.15, -0.1) is 0 Å². The van der Waals surface area contributed by atoms with Gasteiger partial charge in [0, 0.05) is 11.4 Å². The molecule has 1 rings (SSSR count). The first-order valence-electron chi connectivity index (χ1n) is 5.45. The van der Waals surface area contributed by atoms with Gasteiger partial charge in [-0.25, -0.2) is 4.79 Å². The average Bonchev–Trinajstić information content (AvgIpc) is 2.51. The Morgan fingerprint density at radius 2 is 2.06 bits per heavy atom. The minimum Gasteiger partial charge on any atom is -0.462 e. The molecule has 1 aromatic rings. The molecule has 0 aliphatic rings. The zero-order valence-electron chi connectivity index (χ0n) is 10.5. The van der Waals surface area contributed by atoms with Gasteiger partial charge in [0.25, 0.3) is 0 Å². The van der Waals surface area contributed by atoms with E-state index in [1.54, 1.807) is 13.0 Å². The maximum atomic E-state index is 11.5. The van der Waals surface area contributed by atoms with Crippen molar-refractivity contribution in [1.82, 2.24) is 4.98 Å². The summed E-state index contributed by atoms with van der Waals surface area (Å²) in [6.07, 6.45) is 1.58. The number of carbonyl (C=O) groups excluding carboxylic acids is 1. The standard InChI is InChI=1S/C13H16N2O2/c1-5-17-13(16)11(7-14)6-12-8(2)9(3)15-10(12)4/h6,15H,5H2,1-4H3/b11-6+. The van der Waals surface area contributed by atoms with Crippen LogP contribution in [0.1, 0.15) is 29.4 Å². The van der Waals surface area contributed by atoms with Gasteiger partial charge in [0.1, 0.15) is 11.6 Å². The second kappa shape index (κ2) is 5.35. The van der Waals surface area contributed by atoms with Crippen LogP contribution in [0.2, 0.25) is 0 Å². The molecule has 4 heteroatoms. The molecule has 1 heterocycles. The summed E-state index contributed by atoms with van der Waals surface area (Å²) in [5.74, 6) is -0.576. The molecule has 0 atom stereocenters. The van der Waals surface area contributed by atoms with Gasteiger partial charge in [-0.1, -0.05) is 0 Å². The lowest BCUT2D eigenvalue weighted by Crippen LogP contribution is -2.06. The van der Waals surface area contributed by atoms with E-state index in [-0.39, 0.29) is 12.2 Å². The number of aryl methyl sites for hydroxylation is 2. The Labute approximate surface area is 101 Å². The van der Waals surface area contributed by atoms with Gasteiger partial charge in [-0.05, 0) is 44.9 Å². The summed E-state index contributed by atoms with van der Waals surface area (Å²) in [4.78, 5) is 14.7. The van der Waals surface area contributed by atoms with Gasteiger partial charge in [0.2, 0.25) is 0 Å². The van der Waals surface area contributed by atoms with Crippen molar-refractivity contribution in [2.45, 2.75) is 27.7 Å². The molecule has 0 unspecified atom stereocenters. The van der Waals surface area contributed by atoms with Crippen LogP contribution in [0.15, 0.2) is 5.57 Å². The van der Waals surface area contributed by atoms with Crippen molar-refractivity contribution in [3.63, 3.8) is 0 Å². The van der Waals surface area contributed by atoms with E-state index in [1.165, 1.54) is 0 Å². The maximum Gasteiger partial charge on any atom is 0.348 e. The quantitative estimate of drug-likeness (QED) is 0.494. The molecular formula is C13H16N2O2. The molecule has 0 bridgehead atoms. The fraction of sp³-hybridized carbons (Fsp3) is 0.385. The zero-order valence-corrected chi connectivity index (χ0v) is 10.5. The highest BCUT2D eigenvalue weighted by molar-refractivity contribution is 5.98. The molecule has 0 spiro atoms. The molecule has 0 fully saturated rings. The molecule has 0 saturated heterocycles. The lowest BCUT2D eigenvalue weighted by Gasteiger charge is -2.00. The fourth-order valence-electron chi connectivity index (χ4n) is 1.63. The van der Waals surface area contributed by atoms with E-state index >= 15 is 0 Å². The Hall–Kier alpha value is -2.02. The van der Waals surface area contributed by atoms with Crippen molar-refractivity contribution in [3.8, 4) is 6.07 Å². The van der Waals surface area contributed by atoms with Crippen LogP contribution in [0, 0.1) is 32.1 Å². The van der Waals surface area contributed by atoms with Crippen molar-refractivity contribution < 1.29 is 9.53 Å². The molecule has 90 valence electrons. The van der Waals surface area contributed by atoms with Gasteiger partial charge in [0.15, 0.2) is 0 Å². The number of ether oxygens (including phenoxy) is 1. The van der Waals surface area contributed by atoms with E-state index < -0.39 is 5.97 Å². The van der Waals surface area contributed by atoms with Crippen molar-refractivity contribution in [3.05, 3.63) is 28.1 Å². The smallest absolute Gasteiger partial charge is 0.348 e. The monoisotopic (exact) mass is 232 g/mol. The third-order valence-corrected chi connectivity index (χ3v) is 2.65. The summed E-state index contributed by atoms with van der Waals surface area (Å²) in [6.45, 7) is 7.79. The predicted molar refractivity (Wildman–Crippen MR) is 65.2 cm³/mol. The number of esters is 1. The van der Waals surface area contributed by atoms with Crippen molar-refractivity contribution >= 4 is 12.0 Å². The molecule has 0 radical (unpaired) electrons. The van der Waals surface area contributed by atoms with Crippen LogP contribution in [0.5, 0.6) is 0 Å². The summed E-state index contributed by atoms with van der Waals surface area (Å²) in [7, 11) is 0. The number of aromatic nitrogens is 1. The molecule has 1 aromatic heterocycles. The first-order chi connectivity index (χ1) is 8.01. The number of carbonyl (C=O) groups is 1. The SMILES string of the molecule is CCOC(=O)/C(C#N)=C/c1c(C)[nH]c(C)c1C. The van der Waals surface area contributed by atoms with Crippen LogP contribution < -0.4 is 0 Å². The average molecular weight is 232 g/mol. The topological polar surface area (TPSA) is 65.9 Å². The third-order valence-electron chi connectivity index (χ3n) is 2.65. The lowest BCUT2D eigenvalue weighted by molar-refractivity contribution is -0.137. The summed E-state index contributed by atoms with van der Waals surface area (Å²) >= 11 is 0. The van der Waals surface area contributed by atoms with Crippen LogP contribution in [-0.4, -0.2) is 17.6 Å². The van der Waals surface area contributed by atoms with E-state index in [1.807, 2.05) is 26.8 Å². The molecule has 0 amide bonds. The minimum atomic E-state index is -0.576. The molecule has 0 aliphatic heterocycles. The number of nitrogens with one attached hydrogen (secondary N) is 1. The first-order valence-corrected chi connectivity index (χ1v) is 5.45. The summed E-state index contributed by atoms with van der Waals surface area (Å²) in [5, 5.41) is 8.94. The van der Waals surface area contributed by atoms with Crippen molar-refractivity contribution in [2.24, 2.45) is 0 Å². The van der Waals surface area contributed by atoms with E-state index in [2.05, 4.69) is 4.98 Å². The van der Waals surface area contributed by atoms with E-state index in [4.69, 9.17) is 10.00 Å². The first kappa shape index (κ1) is 13.0. The largest absolute Gasteiger partial charge is 0.462 e. The van der Waals surface area contributed by atoms with Gasteiger partial charge in [0.05, 0.1) is 6.61 Å². The zero-order chi connectivity index (χ0) is 13.0. The number of hydrogen-bond donors (Lipinski definition) is 1. The molecular weight excluding hydrogens is 216 g/mol. The van der Waals surface area contributed by atoms with Crippen molar-refractivity contribution in [1.29, 1.82) is 5.26 Å². The minimum absolute atomic E-state index is 0.0250. The van der Waals surface area contributed by atoms with Crippen LogP contribution in [0.25, 0.3) is 6.08 Å². The van der Waals surface area contributed by atoms with Crippen LogP contribution >= 0.6 is 0 Å². The Kier molecular flexibility index (Phi) is 4.11. The highest BCUT2D eigenvalue weighted by atomic mass is 16.5. The summed E-state index contributed by atoms with van der Waals surface area (Å²) in [6, 6.07) is 1.87. The summed E-state index contributed by atoms with van der Waals surface area (Å²) in [5.41, 5.74) is 3.93. The Balaban J connectivity index is 3.16. The number of hydrogen-bond acceptors (Lipinski definition) is 3. The molecule has 0 aromatic carbocycles. The molecule has 4 nitrogen and oxygen atoms in total. The number of nitrogens with zero attached hydrogens (tertiary/aromatic N) is 1. The van der Waals surface area contributed by atoms with Gasteiger partial charge in [-0.3, -0.25) is 0 Å². The molecule has 0 aliphatic carbocycles.